The van der Waals surface area contributed by atoms with Crippen molar-refractivity contribution in [3.8, 4) is 0 Å². The number of carbonyl (C=O) groups excluding carboxylic acids is 1. The van der Waals surface area contributed by atoms with Crippen molar-refractivity contribution in [2.45, 2.75) is 40.5 Å². The van der Waals surface area contributed by atoms with E-state index in [1.165, 1.54) is 11.1 Å². The van der Waals surface area contributed by atoms with Crippen molar-refractivity contribution in [3.63, 3.8) is 0 Å². The summed E-state index contributed by atoms with van der Waals surface area (Å²) in [5, 5.41) is 0. The zero-order valence-corrected chi connectivity index (χ0v) is 8.34. The summed E-state index contributed by atoms with van der Waals surface area (Å²) in [4.78, 5) is 10.7. The summed E-state index contributed by atoms with van der Waals surface area (Å²) in [6, 6.07) is 8.50. The largest absolute Gasteiger partial charge is 0.300 e. The Bertz CT molecular complexity index is 272. The van der Waals surface area contributed by atoms with Crippen molar-refractivity contribution in [3.05, 3.63) is 35.4 Å². The zero-order chi connectivity index (χ0) is 9.68. The monoisotopic (exact) mass is 192 g/mol. The van der Waals surface area contributed by atoms with E-state index in [2.05, 4.69) is 31.2 Å². The van der Waals surface area contributed by atoms with Gasteiger partial charge in [-0.3, -0.25) is 0 Å². The van der Waals surface area contributed by atoms with Gasteiger partial charge in [0.15, 0.2) is 0 Å². The summed E-state index contributed by atoms with van der Waals surface area (Å²) >= 11 is 0. The first-order chi connectivity index (χ1) is 6.18. The molecule has 0 atom stereocenters. The number of hydrogen-bond donors (Lipinski definition) is 0. The molecule has 0 unspecified atom stereocenters. The van der Waals surface area contributed by atoms with Gasteiger partial charge in [-0.1, -0.05) is 37.3 Å². The molecule has 14 heavy (non-hydrogen) atoms. The molecule has 1 aromatic rings. The second-order valence-corrected chi connectivity index (χ2v) is 3.54. The molecule has 0 heterocycles. The highest BCUT2D eigenvalue weighted by Crippen LogP contribution is 2.07. The fourth-order valence-electron chi connectivity index (χ4n) is 1.30. The molecule has 1 heteroatoms. The molecule has 0 aromatic heterocycles. The van der Waals surface area contributed by atoms with E-state index in [1.807, 2.05) is 0 Å². The molecule has 0 bridgehead atoms. The maximum Gasteiger partial charge on any atom is 0.129 e. The summed E-state index contributed by atoms with van der Waals surface area (Å²) in [5.74, 6) is 0.284. The fraction of sp³-hybridized carbons (Fsp3) is 0.462. The van der Waals surface area contributed by atoms with Crippen LogP contribution in [0.3, 0.4) is 0 Å². The molecule has 0 aliphatic carbocycles. The van der Waals surface area contributed by atoms with Gasteiger partial charge in [-0.05, 0) is 32.3 Å². The Morgan fingerprint density at radius 3 is 2.29 bits per heavy atom. The van der Waals surface area contributed by atoms with E-state index in [1.54, 1.807) is 6.92 Å². The first-order valence-electron chi connectivity index (χ1n) is 4.73. The Morgan fingerprint density at radius 1 is 1.21 bits per heavy atom. The van der Waals surface area contributed by atoms with Gasteiger partial charge >= 0.3 is 0 Å². The standard InChI is InChI=1S/C12H16O.CH4/c1-10-6-8-12(9-7-10)5-3-4-11(2)13;/h6-9H,3-5H2,1-2H3;1H4. The second-order valence-electron chi connectivity index (χ2n) is 3.54. The van der Waals surface area contributed by atoms with Crippen LogP contribution in [0.15, 0.2) is 24.3 Å². The number of benzene rings is 1. The first-order valence-corrected chi connectivity index (χ1v) is 4.73. The van der Waals surface area contributed by atoms with E-state index in [0.29, 0.717) is 6.42 Å². The molecule has 1 aromatic carbocycles. The van der Waals surface area contributed by atoms with E-state index < -0.39 is 0 Å². The molecule has 0 spiro atoms. The normalized spacial score (nSPS) is 9.29. The number of carbonyl (C=O) groups is 1. The summed E-state index contributed by atoms with van der Waals surface area (Å²) in [7, 11) is 0. The fourth-order valence-corrected chi connectivity index (χ4v) is 1.30. The lowest BCUT2D eigenvalue weighted by Crippen LogP contribution is -1.92. The molecule has 0 fully saturated rings. The van der Waals surface area contributed by atoms with Crippen LogP contribution in [0.2, 0.25) is 0 Å². The summed E-state index contributed by atoms with van der Waals surface area (Å²) in [5.41, 5.74) is 2.61. The maximum atomic E-state index is 10.7. The van der Waals surface area contributed by atoms with E-state index in [-0.39, 0.29) is 13.2 Å². The van der Waals surface area contributed by atoms with Crippen molar-refractivity contribution in [2.24, 2.45) is 0 Å². The average Bonchev–Trinajstić information content (AvgIpc) is 2.08. The van der Waals surface area contributed by atoms with Gasteiger partial charge in [-0.2, -0.15) is 0 Å². The number of aryl methyl sites for hydroxylation is 2. The van der Waals surface area contributed by atoms with Crippen LogP contribution in [0.1, 0.15) is 38.3 Å². The summed E-state index contributed by atoms with van der Waals surface area (Å²) in [6.45, 7) is 3.73. The highest BCUT2D eigenvalue weighted by atomic mass is 16.1. The number of rotatable bonds is 4. The van der Waals surface area contributed by atoms with Gasteiger partial charge in [0.05, 0.1) is 0 Å². The van der Waals surface area contributed by atoms with Crippen LogP contribution in [0.4, 0.5) is 0 Å². The second kappa shape index (κ2) is 6.36. The third-order valence-corrected chi connectivity index (χ3v) is 2.11. The lowest BCUT2D eigenvalue weighted by Gasteiger charge is -2.00. The van der Waals surface area contributed by atoms with E-state index >= 15 is 0 Å². The average molecular weight is 192 g/mol. The minimum atomic E-state index is 0. The number of hydrogen-bond acceptors (Lipinski definition) is 1. The molecule has 0 radical (unpaired) electrons. The van der Waals surface area contributed by atoms with Gasteiger partial charge < -0.3 is 4.79 Å². The Morgan fingerprint density at radius 2 is 1.79 bits per heavy atom. The van der Waals surface area contributed by atoms with Crippen molar-refractivity contribution >= 4 is 5.78 Å². The van der Waals surface area contributed by atoms with Crippen LogP contribution in [-0.2, 0) is 11.2 Å². The molecule has 0 N–H and O–H groups in total. The van der Waals surface area contributed by atoms with Gasteiger partial charge in [-0.25, -0.2) is 0 Å². The van der Waals surface area contributed by atoms with Gasteiger partial charge in [0.25, 0.3) is 0 Å². The van der Waals surface area contributed by atoms with Crippen LogP contribution >= 0.6 is 0 Å². The van der Waals surface area contributed by atoms with Gasteiger partial charge in [0.1, 0.15) is 5.78 Å². The molecule has 1 rings (SSSR count). The lowest BCUT2D eigenvalue weighted by molar-refractivity contribution is -0.117. The Hall–Kier alpha value is -1.11. The zero-order valence-electron chi connectivity index (χ0n) is 8.34. The van der Waals surface area contributed by atoms with Crippen molar-refractivity contribution in [1.82, 2.24) is 0 Å². The highest BCUT2D eigenvalue weighted by molar-refractivity contribution is 5.75. The number of ketones is 1. The lowest BCUT2D eigenvalue weighted by atomic mass is 10.1. The van der Waals surface area contributed by atoms with Crippen LogP contribution in [-0.4, -0.2) is 5.78 Å². The molecule has 0 amide bonds. The Kier molecular flexibility index (Phi) is 5.86. The summed E-state index contributed by atoms with van der Waals surface area (Å²) in [6.07, 6.45) is 2.69. The van der Waals surface area contributed by atoms with E-state index in [4.69, 9.17) is 0 Å². The predicted molar refractivity (Wildman–Crippen MR) is 61.5 cm³/mol. The third kappa shape index (κ3) is 4.80. The maximum absolute atomic E-state index is 10.7. The van der Waals surface area contributed by atoms with Gasteiger partial charge in [-0.15, -0.1) is 0 Å². The van der Waals surface area contributed by atoms with Crippen molar-refractivity contribution < 1.29 is 4.79 Å². The van der Waals surface area contributed by atoms with E-state index in [0.717, 1.165) is 12.8 Å². The number of Topliss-reactive ketones (excluding diaryl/α,β-unsaturated/α-hetero) is 1. The van der Waals surface area contributed by atoms with Gasteiger partial charge in [0.2, 0.25) is 0 Å². The minimum absolute atomic E-state index is 0. The SMILES string of the molecule is C.CC(=O)CCCc1ccc(C)cc1. The Balaban J connectivity index is 0.00000169. The molecule has 0 saturated carbocycles. The molecule has 78 valence electrons. The molecule has 0 aliphatic heterocycles. The highest BCUT2D eigenvalue weighted by Gasteiger charge is 1.95. The van der Waals surface area contributed by atoms with Gasteiger partial charge in [0, 0.05) is 6.42 Å². The van der Waals surface area contributed by atoms with Crippen LogP contribution < -0.4 is 0 Å². The van der Waals surface area contributed by atoms with Crippen LogP contribution in [0.5, 0.6) is 0 Å². The minimum Gasteiger partial charge on any atom is -0.300 e. The molecular formula is C13H20O. The molecule has 0 saturated heterocycles. The molecule has 0 aliphatic rings. The first kappa shape index (κ1) is 12.9. The third-order valence-electron chi connectivity index (χ3n) is 2.11. The topological polar surface area (TPSA) is 17.1 Å². The molecule has 1 nitrogen and oxygen atoms in total. The van der Waals surface area contributed by atoms with Crippen LogP contribution in [0.25, 0.3) is 0 Å². The van der Waals surface area contributed by atoms with E-state index in [9.17, 15) is 4.79 Å². The quantitative estimate of drug-likeness (QED) is 0.713. The van der Waals surface area contributed by atoms with Crippen molar-refractivity contribution in [1.29, 1.82) is 0 Å². The molecular weight excluding hydrogens is 172 g/mol. The van der Waals surface area contributed by atoms with Crippen molar-refractivity contribution in [2.75, 3.05) is 0 Å². The Labute approximate surface area is 87.2 Å². The smallest absolute Gasteiger partial charge is 0.129 e. The van der Waals surface area contributed by atoms with Crippen LogP contribution in [0, 0.1) is 6.92 Å². The summed E-state index contributed by atoms with van der Waals surface area (Å²) < 4.78 is 0. The predicted octanol–water partition coefficient (Wildman–Crippen LogP) is 3.54.